The van der Waals surface area contributed by atoms with Crippen molar-refractivity contribution in [3.63, 3.8) is 0 Å². The molecule has 4 rings (SSSR count). The maximum Gasteiger partial charge on any atom is 0.222 e. The zero-order chi connectivity index (χ0) is 18.4. The van der Waals surface area contributed by atoms with Gasteiger partial charge in [0.15, 0.2) is 0 Å². The summed E-state index contributed by atoms with van der Waals surface area (Å²) in [6, 6.07) is 7.12. The molecule has 5 heteroatoms. The molecule has 1 amide bonds. The molecule has 2 atom stereocenters. The van der Waals surface area contributed by atoms with Crippen LogP contribution in [0.5, 0.6) is 0 Å². The third-order valence-corrected chi connectivity index (χ3v) is 5.67. The van der Waals surface area contributed by atoms with Gasteiger partial charge in [-0.1, -0.05) is 18.6 Å². The molecule has 0 unspecified atom stereocenters. The van der Waals surface area contributed by atoms with Crippen molar-refractivity contribution in [3.8, 4) is 0 Å². The Morgan fingerprint density at radius 2 is 1.92 bits per heavy atom. The summed E-state index contributed by atoms with van der Waals surface area (Å²) >= 11 is 0. The van der Waals surface area contributed by atoms with Crippen LogP contribution >= 0.6 is 0 Å². The number of hydrogen-bond acceptors (Lipinski definition) is 3. The SMILES string of the molecule is COCCCCCC(=O)N1C[C@@H]2CC[C@H]1CN(Cc1ccc(F)cc1)C2. The molecule has 144 valence electrons. The van der Waals surface area contributed by atoms with Crippen molar-refractivity contribution in [1.29, 1.82) is 0 Å². The van der Waals surface area contributed by atoms with Gasteiger partial charge in [0.25, 0.3) is 0 Å². The van der Waals surface area contributed by atoms with Crippen LogP contribution in [-0.2, 0) is 16.1 Å². The first-order valence-corrected chi connectivity index (χ1v) is 9.91. The summed E-state index contributed by atoms with van der Waals surface area (Å²) in [6.07, 6.45) is 6.02. The predicted molar refractivity (Wildman–Crippen MR) is 100 cm³/mol. The fraction of sp³-hybridized carbons (Fsp3) is 0.667. The number of carbonyl (C=O) groups is 1. The van der Waals surface area contributed by atoms with Crippen LogP contribution < -0.4 is 0 Å². The second-order valence-electron chi connectivity index (χ2n) is 7.77. The molecule has 3 saturated heterocycles. The molecule has 1 aromatic carbocycles. The number of carbonyl (C=O) groups excluding carboxylic acids is 1. The maximum atomic E-state index is 13.1. The molecule has 26 heavy (non-hydrogen) atoms. The highest BCUT2D eigenvalue weighted by Crippen LogP contribution is 2.29. The van der Waals surface area contributed by atoms with E-state index in [0.717, 1.165) is 64.0 Å². The van der Waals surface area contributed by atoms with Gasteiger partial charge in [0.05, 0.1) is 0 Å². The number of amides is 1. The molecule has 3 aliphatic heterocycles. The Kier molecular flexibility index (Phi) is 7.03. The van der Waals surface area contributed by atoms with Crippen LogP contribution in [0.4, 0.5) is 4.39 Å². The van der Waals surface area contributed by atoms with E-state index in [4.69, 9.17) is 4.74 Å². The van der Waals surface area contributed by atoms with E-state index in [2.05, 4.69) is 9.80 Å². The number of hydrogen-bond donors (Lipinski definition) is 0. The Labute approximate surface area is 156 Å². The Morgan fingerprint density at radius 3 is 2.69 bits per heavy atom. The molecular weight excluding hydrogens is 331 g/mol. The first-order chi connectivity index (χ1) is 12.7. The second kappa shape index (κ2) is 9.47. The lowest BCUT2D eigenvalue weighted by Gasteiger charge is -2.36. The molecule has 2 bridgehead atoms. The molecule has 0 radical (unpaired) electrons. The molecule has 3 aliphatic rings. The molecular formula is C21H31FN2O2. The van der Waals surface area contributed by atoms with Gasteiger partial charge in [0.1, 0.15) is 5.82 Å². The molecule has 3 heterocycles. The molecule has 0 saturated carbocycles. The Hall–Kier alpha value is -1.46. The maximum absolute atomic E-state index is 13.1. The minimum Gasteiger partial charge on any atom is -0.385 e. The standard InChI is InChI=1S/C21H31FN2O2/c1-26-12-4-2-3-5-21(25)24-15-18-8-11-20(24)16-23(14-18)13-17-6-9-19(22)10-7-17/h6-7,9-10,18,20H,2-5,8,11-16H2,1H3/t18-,20+/m1/s1. The van der Waals surface area contributed by atoms with E-state index in [1.165, 1.54) is 18.6 Å². The number of ether oxygens (including phenoxy) is 1. The van der Waals surface area contributed by atoms with Gasteiger partial charge < -0.3 is 9.64 Å². The number of halogens is 1. The predicted octanol–water partition coefficient (Wildman–Crippen LogP) is 3.46. The summed E-state index contributed by atoms with van der Waals surface area (Å²) < 4.78 is 18.2. The molecule has 0 spiro atoms. The first-order valence-electron chi connectivity index (χ1n) is 9.91. The molecule has 0 aromatic heterocycles. The number of fused-ring (bicyclic) bond motifs is 4. The van der Waals surface area contributed by atoms with Crippen LogP contribution in [0.1, 0.15) is 44.1 Å². The topological polar surface area (TPSA) is 32.8 Å². The van der Waals surface area contributed by atoms with Gasteiger partial charge in [-0.3, -0.25) is 9.69 Å². The molecule has 1 aromatic rings. The quantitative estimate of drug-likeness (QED) is 0.664. The Bertz CT molecular complexity index is 578. The van der Waals surface area contributed by atoms with Crippen LogP contribution in [0, 0.1) is 11.7 Å². The zero-order valence-electron chi connectivity index (χ0n) is 15.8. The Balaban J connectivity index is 1.52. The van der Waals surface area contributed by atoms with Gasteiger partial charge in [0.2, 0.25) is 5.91 Å². The van der Waals surface area contributed by atoms with Crippen LogP contribution in [0.2, 0.25) is 0 Å². The van der Waals surface area contributed by atoms with Crippen LogP contribution in [0.3, 0.4) is 0 Å². The summed E-state index contributed by atoms with van der Waals surface area (Å²) in [6.45, 7) is 4.49. The van der Waals surface area contributed by atoms with Crippen LogP contribution in [0.25, 0.3) is 0 Å². The van der Waals surface area contributed by atoms with Gasteiger partial charge in [-0.15, -0.1) is 0 Å². The number of methoxy groups -OCH3 is 1. The Morgan fingerprint density at radius 1 is 1.12 bits per heavy atom. The molecule has 3 fully saturated rings. The number of unbranched alkanes of at least 4 members (excludes halogenated alkanes) is 2. The van der Waals surface area contributed by atoms with E-state index in [0.29, 0.717) is 24.3 Å². The van der Waals surface area contributed by atoms with Crippen molar-refractivity contribution in [2.75, 3.05) is 33.4 Å². The van der Waals surface area contributed by atoms with Gasteiger partial charge in [-0.05, 0) is 49.3 Å². The van der Waals surface area contributed by atoms with Crippen molar-refractivity contribution < 1.29 is 13.9 Å². The summed E-state index contributed by atoms with van der Waals surface area (Å²) in [5, 5.41) is 0. The van der Waals surface area contributed by atoms with Crippen molar-refractivity contribution in [1.82, 2.24) is 9.80 Å². The largest absolute Gasteiger partial charge is 0.385 e. The van der Waals surface area contributed by atoms with E-state index in [1.54, 1.807) is 7.11 Å². The van der Waals surface area contributed by atoms with Crippen LogP contribution in [-0.4, -0.2) is 55.1 Å². The average molecular weight is 362 g/mol. The average Bonchev–Trinajstić information content (AvgIpc) is 2.94. The van der Waals surface area contributed by atoms with Crippen molar-refractivity contribution in [2.24, 2.45) is 5.92 Å². The minimum atomic E-state index is -0.188. The molecule has 4 nitrogen and oxygen atoms in total. The summed E-state index contributed by atoms with van der Waals surface area (Å²) in [5.41, 5.74) is 1.14. The van der Waals surface area contributed by atoms with Gasteiger partial charge >= 0.3 is 0 Å². The lowest BCUT2D eigenvalue weighted by molar-refractivity contribution is -0.135. The third-order valence-electron chi connectivity index (χ3n) is 5.67. The highest BCUT2D eigenvalue weighted by Gasteiger charge is 2.36. The summed E-state index contributed by atoms with van der Waals surface area (Å²) in [5.74, 6) is 0.694. The lowest BCUT2D eigenvalue weighted by Crippen LogP contribution is -2.47. The highest BCUT2D eigenvalue weighted by molar-refractivity contribution is 5.76. The van der Waals surface area contributed by atoms with Crippen molar-refractivity contribution in [3.05, 3.63) is 35.6 Å². The number of piperidine rings is 1. The number of rotatable bonds is 8. The monoisotopic (exact) mass is 362 g/mol. The van der Waals surface area contributed by atoms with Gasteiger partial charge in [-0.25, -0.2) is 4.39 Å². The van der Waals surface area contributed by atoms with E-state index < -0.39 is 0 Å². The zero-order valence-corrected chi connectivity index (χ0v) is 15.8. The van der Waals surface area contributed by atoms with E-state index in [1.807, 2.05) is 12.1 Å². The summed E-state index contributed by atoms with van der Waals surface area (Å²) in [4.78, 5) is 17.3. The highest BCUT2D eigenvalue weighted by atomic mass is 19.1. The summed E-state index contributed by atoms with van der Waals surface area (Å²) in [7, 11) is 1.72. The molecule has 0 N–H and O–H groups in total. The van der Waals surface area contributed by atoms with Crippen molar-refractivity contribution in [2.45, 2.75) is 51.1 Å². The lowest BCUT2D eigenvalue weighted by atomic mass is 9.94. The number of benzene rings is 1. The normalized spacial score (nSPS) is 23.2. The van der Waals surface area contributed by atoms with Gasteiger partial charge in [-0.2, -0.15) is 0 Å². The van der Waals surface area contributed by atoms with Crippen LogP contribution in [0.15, 0.2) is 24.3 Å². The molecule has 0 aliphatic carbocycles. The minimum absolute atomic E-state index is 0.188. The third kappa shape index (κ3) is 5.27. The van der Waals surface area contributed by atoms with Gasteiger partial charge in [0, 0.05) is 52.4 Å². The van der Waals surface area contributed by atoms with Crippen molar-refractivity contribution >= 4 is 5.91 Å². The fourth-order valence-corrected chi connectivity index (χ4v) is 4.30. The smallest absolute Gasteiger partial charge is 0.222 e. The first kappa shape index (κ1) is 19.3. The van der Waals surface area contributed by atoms with E-state index in [9.17, 15) is 9.18 Å². The second-order valence-corrected chi connectivity index (χ2v) is 7.77. The number of nitrogens with zero attached hydrogens (tertiary/aromatic N) is 2. The van der Waals surface area contributed by atoms with E-state index in [-0.39, 0.29) is 5.82 Å². The fourth-order valence-electron chi connectivity index (χ4n) is 4.30. The van der Waals surface area contributed by atoms with E-state index >= 15 is 0 Å².